The largest absolute Gasteiger partial charge is 0.416 e. The van der Waals surface area contributed by atoms with E-state index in [9.17, 15) is 23.7 Å². The van der Waals surface area contributed by atoms with Gasteiger partial charge in [0.1, 0.15) is 5.92 Å². The molecule has 3 nitrogen and oxygen atoms in total. The highest BCUT2D eigenvalue weighted by atomic mass is 19.4. The lowest BCUT2D eigenvalue weighted by Gasteiger charge is -2.27. The van der Waals surface area contributed by atoms with Crippen molar-refractivity contribution in [1.82, 2.24) is 0 Å². The summed E-state index contributed by atoms with van der Waals surface area (Å²) in [6.45, 7) is 2.30. The maximum absolute atomic E-state index is 12.8. The van der Waals surface area contributed by atoms with E-state index in [0.717, 1.165) is 23.4 Å². The van der Waals surface area contributed by atoms with Crippen LogP contribution in [0.4, 0.5) is 18.9 Å². The van der Waals surface area contributed by atoms with Crippen LogP contribution in [0, 0.1) is 35.5 Å². The van der Waals surface area contributed by atoms with Gasteiger partial charge in [0.15, 0.2) is 0 Å². The van der Waals surface area contributed by atoms with Crippen molar-refractivity contribution in [2.45, 2.75) is 19.0 Å². The average Bonchev–Trinajstić information content (AvgIpc) is 2.61. The minimum atomic E-state index is -4.42. The second kappa shape index (κ2) is 7.93. The number of hydrogen-bond donors (Lipinski definition) is 0. The first-order valence-corrected chi connectivity index (χ1v) is 8.00. The highest BCUT2D eigenvalue weighted by molar-refractivity contribution is 5.47. The molecule has 6 heteroatoms. The molecular formula is C20H18F3N3. The second-order valence-corrected chi connectivity index (χ2v) is 6.18. The van der Waals surface area contributed by atoms with Crippen molar-refractivity contribution in [3.8, 4) is 12.1 Å². The van der Waals surface area contributed by atoms with E-state index in [1.807, 2.05) is 55.3 Å². The van der Waals surface area contributed by atoms with E-state index in [4.69, 9.17) is 0 Å². The van der Waals surface area contributed by atoms with Crippen LogP contribution in [-0.2, 0) is 6.18 Å². The number of benzene rings is 2. The summed E-state index contributed by atoms with van der Waals surface area (Å²) in [4.78, 5) is 1.89. The Hall–Kier alpha value is -2.99. The summed E-state index contributed by atoms with van der Waals surface area (Å²) in [7, 11) is 1.83. The van der Waals surface area contributed by atoms with E-state index in [1.165, 1.54) is 12.1 Å². The molecule has 0 bridgehead atoms. The molecule has 0 aliphatic carbocycles. The molecule has 2 rings (SSSR count). The fraction of sp³-hybridized carbons (Fsp3) is 0.300. The van der Waals surface area contributed by atoms with Gasteiger partial charge in [0.05, 0.1) is 17.7 Å². The normalized spacial score (nSPS) is 12.3. The molecule has 0 aliphatic heterocycles. The molecule has 0 aromatic heterocycles. The fourth-order valence-corrected chi connectivity index (χ4v) is 2.73. The lowest BCUT2D eigenvalue weighted by atomic mass is 9.86. The number of rotatable bonds is 5. The number of anilines is 1. The Bertz CT molecular complexity index is 798. The van der Waals surface area contributed by atoms with Gasteiger partial charge in [-0.2, -0.15) is 23.7 Å². The summed E-state index contributed by atoms with van der Waals surface area (Å²) in [5.41, 5.74) is 1.79. The quantitative estimate of drug-likeness (QED) is 0.765. The maximum atomic E-state index is 12.8. The van der Waals surface area contributed by atoms with E-state index < -0.39 is 23.6 Å². The van der Waals surface area contributed by atoms with Crippen molar-refractivity contribution in [2.75, 3.05) is 18.5 Å². The number of alkyl halides is 3. The van der Waals surface area contributed by atoms with E-state index in [0.29, 0.717) is 12.1 Å². The van der Waals surface area contributed by atoms with Gasteiger partial charge in [0.25, 0.3) is 0 Å². The van der Waals surface area contributed by atoms with Crippen molar-refractivity contribution in [3.63, 3.8) is 0 Å². The first kappa shape index (κ1) is 19.3. The zero-order valence-corrected chi connectivity index (χ0v) is 14.5. The van der Waals surface area contributed by atoms with Crippen molar-refractivity contribution in [2.24, 2.45) is 5.92 Å². The van der Waals surface area contributed by atoms with Gasteiger partial charge in [0.2, 0.25) is 0 Å². The molecule has 0 amide bonds. The second-order valence-electron chi connectivity index (χ2n) is 6.18. The van der Waals surface area contributed by atoms with E-state index in [1.54, 1.807) is 0 Å². The average molecular weight is 357 g/mol. The first-order valence-electron chi connectivity index (χ1n) is 8.00. The summed E-state index contributed by atoms with van der Waals surface area (Å²) in [6.07, 6.45) is -4.42. The number of hydrogen-bond acceptors (Lipinski definition) is 3. The van der Waals surface area contributed by atoms with E-state index >= 15 is 0 Å². The van der Waals surface area contributed by atoms with Gasteiger partial charge >= 0.3 is 6.18 Å². The van der Waals surface area contributed by atoms with Crippen LogP contribution in [0.25, 0.3) is 0 Å². The Morgan fingerprint density at radius 2 is 1.50 bits per heavy atom. The molecule has 1 unspecified atom stereocenters. The molecular weight excluding hydrogens is 339 g/mol. The van der Waals surface area contributed by atoms with Crippen LogP contribution < -0.4 is 4.90 Å². The summed E-state index contributed by atoms with van der Waals surface area (Å²) in [6, 6.07) is 16.3. The van der Waals surface area contributed by atoms with Gasteiger partial charge in [-0.25, -0.2) is 0 Å². The molecule has 1 atom stereocenters. The molecule has 0 radical (unpaired) electrons. The minimum absolute atomic E-state index is 0.334. The summed E-state index contributed by atoms with van der Waals surface area (Å²) in [5.74, 6) is -1.49. The Kier molecular flexibility index (Phi) is 5.90. The summed E-state index contributed by atoms with van der Waals surface area (Å²) < 4.78 is 38.3. The van der Waals surface area contributed by atoms with E-state index in [-0.39, 0.29) is 0 Å². The Balaban J connectivity index is 2.31. The van der Waals surface area contributed by atoms with Crippen LogP contribution in [0.15, 0.2) is 48.5 Å². The van der Waals surface area contributed by atoms with Crippen molar-refractivity contribution in [1.29, 1.82) is 10.5 Å². The third-order valence-electron chi connectivity index (χ3n) is 4.29. The number of aryl methyl sites for hydroxylation is 1. The molecule has 0 heterocycles. The standard InChI is InChI=1S/C20H18F3N3/c1-14-3-9-18(10-4-14)26(2)13-19(16(11-24)12-25)15-5-7-17(8-6-15)20(21,22)23/h3-10,16,19H,13H2,1-2H3. The van der Waals surface area contributed by atoms with Gasteiger partial charge in [-0.05, 0) is 36.8 Å². The maximum Gasteiger partial charge on any atom is 0.416 e. The van der Waals surface area contributed by atoms with Gasteiger partial charge in [-0.3, -0.25) is 0 Å². The third-order valence-corrected chi connectivity index (χ3v) is 4.29. The monoisotopic (exact) mass is 357 g/mol. The Morgan fingerprint density at radius 3 is 1.96 bits per heavy atom. The molecule has 0 saturated heterocycles. The first-order chi connectivity index (χ1) is 12.3. The number of likely N-dealkylation sites (N-methyl/N-ethyl adjacent to an activating group) is 1. The van der Waals surface area contributed by atoms with E-state index in [2.05, 4.69) is 0 Å². The van der Waals surface area contributed by atoms with Gasteiger partial charge in [0, 0.05) is 25.2 Å². The van der Waals surface area contributed by atoms with Crippen molar-refractivity contribution < 1.29 is 13.2 Å². The van der Waals surface area contributed by atoms with Crippen molar-refractivity contribution >= 4 is 5.69 Å². The Morgan fingerprint density at radius 1 is 0.962 bits per heavy atom. The molecule has 0 saturated carbocycles. The predicted molar refractivity (Wildman–Crippen MR) is 93.4 cm³/mol. The predicted octanol–water partition coefficient (Wildman–Crippen LogP) is 4.90. The summed E-state index contributed by atoms with van der Waals surface area (Å²) >= 11 is 0. The number of halogens is 3. The van der Waals surface area contributed by atoms with Gasteiger partial charge in [-0.15, -0.1) is 0 Å². The van der Waals surface area contributed by atoms with Crippen LogP contribution in [0.5, 0.6) is 0 Å². The van der Waals surface area contributed by atoms with Crippen LogP contribution in [0.1, 0.15) is 22.6 Å². The van der Waals surface area contributed by atoms with Crippen LogP contribution in [-0.4, -0.2) is 13.6 Å². The summed E-state index contributed by atoms with van der Waals surface area (Å²) in [5, 5.41) is 18.6. The molecule has 0 N–H and O–H groups in total. The van der Waals surface area contributed by atoms with Crippen LogP contribution in [0.3, 0.4) is 0 Å². The molecule has 2 aromatic carbocycles. The van der Waals surface area contributed by atoms with Crippen molar-refractivity contribution in [3.05, 3.63) is 65.2 Å². The smallest absolute Gasteiger partial charge is 0.374 e. The topological polar surface area (TPSA) is 50.8 Å². The molecule has 2 aromatic rings. The molecule has 134 valence electrons. The molecule has 0 spiro atoms. The molecule has 26 heavy (non-hydrogen) atoms. The lowest BCUT2D eigenvalue weighted by Crippen LogP contribution is -2.28. The highest BCUT2D eigenvalue weighted by Crippen LogP contribution is 2.32. The minimum Gasteiger partial charge on any atom is -0.374 e. The van der Waals surface area contributed by atoms with Gasteiger partial charge in [-0.1, -0.05) is 29.8 Å². The zero-order chi connectivity index (χ0) is 19.3. The Labute approximate surface area is 150 Å². The van der Waals surface area contributed by atoms with Crippen LogP contribution in [0.2, 0.25) is 0 Å². The number of nitrogens with zero attached hydrogens (tertiary/aromatic N) is 3. The number of nitriles is 2. The highest BCUT2D eigenvalue weighted by Gasteiger charge is 2.31. The fourth-order valence-electron chi connectivity index (χ4n) is 2.73. The SMILES string of the molecule is Cc1ccc(N(C)CC(c2ccc(C(F)(F)F)cc2)C(C#N)C#N)cc1. The lowest BCUT2D eigenvalue weighted by molar-refractivity contribution is -0.137. The van der Waals surface area contributed by atoms with Crippen LogP contribution >= 0.6 is 0 Å². The zero-order valence-electron chi connectivity index (χ0n) is 14.5. The molecule has 0 aliphatic rings. The third kappa shape index (κ3) is 4.55. The molecule has 0 fully saturated rings. The van der Waals surface area contributed by atoms with Gasteiger partial charge < -0.3 is 4.90 Å².